The van der Waals surface area contributed by atoms with Crippen molar-refractivity contribution in [3.8, 4) is 0 Å². The molecule has 0 radical (unpaired) electrons. The second-order valence-electron chi connectivity index (χ2n) is 2.92. The third-order valence-electron chi connectivity index (χ3n) is 1.96. The van der Waals surface area contributed by atoms with Crippen molar-refractivity contribution >= 4 is 33.7 Å². The highest BCUT2D eigenvalue weighted by Crippen LogP contribution is 2.34. The Hall–Kier alpha value is -0.620. The molecule has 0 amide bonds. The zero-order chi connectivity index (χ0) is 12.3. The van der Waals surface area contributed by atoms with Gasteiger partial charge in [-0.1, -0.05) is 6.07 Å². The molecule has 0 aliphatic heterocycles. The summed E-state index contributed by atoms with van der Waals surface area (Å²) in [4.78, 5) is 11.7. The quantitative estimate of drug-likeness (QED) is 0.632. The third kappa shape index (κ3) is 2.55. The minimum absolute atomic E-state index is 0.385. The molecular weight excluding hydrogens is 302 g/mol. The number of ether oxygens (including phenoxy) is 1. The normalized spacial score (nSPS) is 11.3. The molecule has 0 unspecified atom stereocenters. The van der Waals surface area contributed by atoms with Crippen molar-refractivity contribution < 1.29 is 18.3 Å². The summed E-state index contributed by atoms with van der Waals surface area (Å²) in [6.07, 6.45) is 1.83. The van der Waals surface area contributed by atoms with Crippen LogP contribution < -0.4 is 0 Å². The van der Waals surface area contributed by atoms with Crippen LogP contribution in [0, 0.1) is 0 Å². The van der Waals surface area contributed by atoms with E-state index < -0.39 is 11.9 Å². The van der Waals surface area contributed by atoms with Crippen molar-refractivity contribution in [3.05, 3.63) is 28.2 Å². The SMILES string of the molecule is COC(=O)C(F)(F)c1ccc(SC)c(Br)c1. The Kier molecular flexibility index (Phi) is 4.32. The number of benzene rings is 1. The van der Waals surface area contributed by atoms with E-state index in [1.807, 2.05) is 6.26 Å². The fourth-order valence-corrected chi connectivity index (χ4v) is 2.43. The van der Waals surface area contributed by atoms with Gasteiger partial charge >= 0.3 is 11.9 Å². The van der Waals surface area contributed by atoms with Gasteiger partial charge in [0.05, 0.1) is 7.11 Å². The van der Waals surface area contributed by atoms with Crippen LogP contribution in [0.1, 0.15) is 5.56 Å². The Morgan fingerprint density at radius 1 is 1.50 bits per heavy atom. The molecule has 0 aromatic heterocycles. The highest BCUT2D eigenvalue weighted by molar-refractivity contribution is 9.10. The Balaban J connectivity index is 3.14. The molecule has 0 saturated carbocycles. The number of thioether (sulfide) groups is 1. The van der Waals surface area contributed by atoms with Crippen molar-refractivity contribution in [1.29, 1.82) is 0 Å². The Morgan fingerprint density at radius 2 is 2.12 bits per heavy atom. The average Bonchev–Trinajstić information content (AvgIpc) is 2.27. The summed E-state index contributed by atoms with van der Waals surface area (Å²) in [6, 6.07) is 3.97. The van der Waals surface area contributed by atoms with E-state index in [1.165, 1.54) is 30.0 Å². The Labute approximate surface area is 104 Å². The fraction of sp³-hybridized carbons (Fsp3) is 0.300. The second kappa shape index (κ2) is 5.14. The highest BCUT2D eigenvalue weighted by atomic mass is 79.9. The maximum Gasteiger partial charge on any atom is 0.381 e. The van der Waals surface area contributed by atoms with Gasteiger partial charge in [0.2, 0.25) is 0 Å². The van der Waals surface area contributed by atoms with Crippen molar-refractivity contribution in [3.63, 3.8) is 0 Å². The smallest absolute Gasteiger partial charge is 0.381 e. The average molecular weight is 311 g/mol. The van der Waals surface area contributed by atoms with E-state index in [9.17, 15) is 13.6 Å². The maximum absolute atomic E-state index is 13.5. The summed E-state index contributed by atoms with van der Waals surface area (Å²) >= 11 is 4.59. The van der Waals surface area contributed by atoms with E-state index >= 15 is 0 Å². The van der Waals surface area contributed by atoms with Crippen LogP contribution in [0.3, 0.4) is 0 Å². The van der Waals surface area contributed by atoms with Crippen LogP contribution in [0.5, 0.6) is 0 Å². The molecule has 88 valence electrons. The molecule has 0 heterocycles. The van der Waals surface area contributed by atoms with Crippen LogP contribution in [0.25, 0.3) is 0 Å². The van der Waals surface area contributed by atoms with Crippen LogP contribution in [-0.4, -0.2) is 19.3 Å². The molecule has 0 N–H and O–H groups in total. The van der Waals surface area contributed by atoms with Crippen LogP contribution in [0.4, 0.5) is 8.78 Å². The number of carbonyl (C=O) groups excluding carboxylic acids is 1. The molecule has 0 aliphatic carbocycles. The van der Waals surface area contributed by atoms with Gasteiger partial charge in [0.15, 0.2) is 0 Å². The van der Waals surface area contributed by atoms with E-state index in [1.54, 1.807) is 0 Å². The monoisotopic (exact) mass is 310 g/mol. The lowest BCUT2D eigenvalue weighted by molar-refractivity contribution is -0.170. The molecule has 6 heteroatoms. The van der Waals surface area contributed by atoms with Gasteiger partial charge in [-0.05, 0) is 34.3 Å². The molecule has 0 atom stereocenters. The largest absolute Gasteiger partial charge is 0.464 e. The van der Waals surface area contributed by atoms with Crippen molar-refractivity contribution in [1.82, 2.24) is 0 Å². The molecule has 1 aromatic rings. The lowest BCUT2D eigenvalue weighted by atomic mass is 10.1. The summed E-state index contributed by atoms with van der Waals surface area (Å²) in [5, 5.41) is 0. The summed E-state index contributed by atoms with van der Waals surface area (Å²) in [5.74, 6) is -5.18. The van der Waals surface area contributed by atoms with Gasteiger partial charge in [0.1, 0.15) is 0 Å². The third-order valence-corrected chi connectivity index (χ3v) is 3.67. The molecule has 2 nitrogen and oxygen atoms in total. The fourth-order valence-electron chi connectivity index (χ4n) is 1.11. The van der Waals surface area contributed by atoms with E-state index in [0.717, 1.165) is 12.0 Å². The second-order valence-corrected chi connectivity index (χ2v) is 4.62. The van der Waals surface area contributed by atoms with Gasteiger partial charge in [0.25, 0.3) is 0 Å². The molecule has 0 spiro atoms. The molecule has 0 fully saturated rings. The minimum Gasteiger partial charge on any atom is -0.464 e. The predicted octanol–water partition coefficient (Wildman–Crippen LogP) is 3.44. The van der Waals surface area contributed by atoms with Crippen LogP contribution in [-0.2, 0) is 15.5 Å². The first kappa shape index (κ1) is 13.4. The minimum atomic E-state index is -3.62. The van der Waals surface area contributed by atoms with Gasteiger partial charge in [-0.25, -0.2) is 4.79 Å². The van der Waals surface area contributed by atoms with E-state index in [2.05, 4.69) is 20.7 Å². The molecule has 1 aromatic carbocycles. The number of carbonyl (C=O) groups is 1. The maximum atomic E-state index is 13.5. The van der Waals surface area contributed by atoms with E-state index in [4.69, 9.17) is 0 Å². The number of alkyl halides is 2. The number of esters is 1. The van der Waals surface area contributed by atoms with E-state index in [-0.39, 0.29) is 5.56 Å². The first-order valence-electron chi connectivity index (χ1n) is 4.23. The van der Waals surface area contributed by atoms with Crippen molar-refractivity contribution in [2.75, 3.05) is 13.4 Å². The molecule has 16 heavy (non-hydrogen) atoms. The molecule has 0 saturated heterocycles. The summed E-state index contributed by atoms with van der Waals surface area (Å²) < 4.78 is 31.5. The zero-order valence-corrected chi connectivity index (χ0v) is 11.0. The van der Waals surface area contributed by atoms with Crippen LogP contribution in [0.15, 0.2) is 27.6 Å². The number of halogens is 3. The summed E-state index contributed by atoms with van der Waals surface area (Å²) in [5.41, 5.74) is -0.385. The Morgan fingerprint density at radius 3 is 2.56 bits per heavy atom. The number of hydrogen-bond acceptors (Lipinski definition) is 3. The Bertz CT molecular complexity index is 410. The topological polar surface area (TPSA) is 26.3 Å². The lowest BCUT2D eigenvalue weighted by Gasteiger charge is -2.14. The molecule has 0 bridgehead atoms. The molecule has 0 aliphatic rings. The van der Waals surface area contributed by atoms with Crippen molar-refractivity contribution in [2.45, 2.75) is 10.8 Å². The van der Waals surface area contributed by atoms with Gasteiger partial charge in [-0.2, -0.15) is 8.78 Å². The lowest BCUT2D eigenvalue weighted by Crippen LogP contribution is -2.27. The highest BCUT2D eigenvalue weighted by Gasteiger charge is 2.42. The first-order chi connectivity index (χ1) is 7.43. The number of rotatable bonds is 3. The summed E-state index contributed by atoms with van der Waals surface area (Å²) in [6.45, 7) is 0. The first-order valence-corrected chi connectivity index (χ1v) is 6.25. The van der Waals surface area contributed by atoms with Gasteiger partial charge in [0, 0.05) is 14.9 Å². The van der Waals surface area contributed by atoms with E-state index in [0.29, 0.717) is 4.47 Å². The molecular formula is C10H9BrF2O2S. The van der Waals surface area contributed by atoms with Crippen LogP contribution in [0.2, 0.25) is 0 Å². The summed E-state index contributed by atoms with van der Waals surface area (Å²) in [7, 11) is 0.932. The molecule has 1 rings (SSSR count). The zero-order valence-electron chi connectivity index (χ0n) is 8.59. The van der Waals surface area contributed by atoms with Crippen LogP contribution >= 0.6 is 27.7 Å². The number of hydrogen-bond donors (Lipinski definition) is 0. The number of methoxy groups -OCH3 is 1. The van der Waals surface area contributed by atoms with Gasteiger partial charge in [-0.3, -0.25) is 0 Å². The van der Waals surface area contributed by atoms with Crippen molar-refractivity contribution in [2.24, 2.45) is 0 Å². The van der Waals surface area contributed by atoms with Gasteiger partial charge in [-0.15, -0.1) is 11.8 Å². The predicted molar refractivity (Wildman–Crippen MR) is 61.8 cm³/mol. The van der Waals surface area contributed by atoms with Gasteiger partial charge < -0.3 is 4.74 Å². The standard InChI is InChI=1S/C10H9BrF2O2S/c1-15-9(14)10(12,13)6-3-4-8(16-2)7(11)5-6/h3-5H,1-2H3.